The maximum Gasteiger partial charge on any atom is 0.243 e. The number of fused-ring (bicyclic) bond motifs is 2. The number of hydrogen-bond donors (Lipinski definition) is 2. The first-order valence-electron chi connectivity index (χ1n) is 13.6. The molecule has 0 radical (unpaired) electrons. The van der Waals surface area contributed by atoms with E-state index in [9.17, 15) is 43.3 Å². The summed E-state index contributed by atoms with van der Waals surface area (Å²) in [5, 5.41) is 5.19. The summed E-state index contributed by atoms with van der Waals surface area (Å²) in [6.45, 7) is 2.96. The van der Waals surface area contributed by atoms with Crippen molar-refractivity contribution in [2.24, 2.45) is 0 Å². The molecule has 2 N–H and O–H groups in total. The topological polar surface area (TPSA) is 201 Å². The lowest BCUT2D eigenvalue weighted by molar-refractivity contribution is -0.120. The lowest BCUT2D eigenvalue weighted by Gasteiger charge is -2.49. The molecule has 3 saturated heterocycles. The zero-order chi connectivity index (χ0) is 32.2. The van der Waals surface area contributed by atoms with Gasteiger partial charge in [-0.1, -0.05) is 24.3 Å². The standard InChI is InChI=1S/C26H32N4O10S4/c1-17(31)27-11-19-3-7-21(8-4-19)43(37,38)29-23-13-41(33,34)15-25(23)30(26-16-42(35,36)14-24(26)29)44(39,40)22-9-5-20(6-10-22)12-28-18(2)32/h3-10,23-26H,11-16H2,1-2H3,(H,27,31)(H,28,32)/t23-,24-,25-,26+/m0/s1. The second kappa shape index (κ2) is 11.5. The molecule has 3 fully saturated rings. The normalized spacial score (nSPS) is 26.4. The summed E-state index contributed by atoms with van der Waals surface area (Å²) in [5.74, 6) is -3.27. The predicted molar refractivity (Wildman–Crippen MR) is 158 cm³/mol. The Bertz CT molecular complexity index is 1730. The molecule has 0 bridgehead atoms. The minimum absolute atomic E-state index is 0.145. The van der Waals surface area contributed by atoms with Gasteiger partial charge in [-0.25, -0.2) is 33.7 Å². The van der Waals surface area contributed by atoms with Gasteiger partial charge in [0.05, 0.1) is 57.0 Å². The maximum absolute atomic E-state index is 14.1. The van der Waals surface area contributed by atoms with E-state index >= 15 is 0 Å². The fraction of sp³-hybridized carbons (Fsp3) is 0.462. The number of nitrogens with one attached hydrogen (secondary N) is 2. The van der Waals surface area contributed by atoms with Crippen LogP contribution in [0.5, 0.6) is 0 Å². The highest BCUT2D eigenvalue weighted by Crippen LogP contribution is 2.43. The highest BCUT2D eigenvalue weighted by molar-refractivity contribution is 7.93. The van der Waals surface area contributed by atoms with Crippen molar-refractivity contribution in [2.75, 3.05) is 23.0 Å². The molecular weight excluding hydrogens is 657 g/mol. The van der Waals surface area contributed by atoms with E-state index < -0.39 is 86.9 Å². The lowest BCUT2D eigenvalue weighted by atomic mass is 10.0. The molecular formula is C26H32N4O10S4. The Morgan fingerprint density at radius 1 is 0.614 bits per heavy atom. The molecule has 0 unspecified atom stereocenters. The zero-order valence-corrected chi connectivity index (χ0v) is 27.0. The van der Waals surface area contributed by atoms with Crippen LogP contribution in [0.15, 0.2) is 58.3 Å². The van der Waals surface area contributed by atoms with Crippen LogP contribution in [0.25, 0.3) is 0 Å². The first-order chi connectivity index (χ1) is 20.4. The third kappa shape index (κ3) is 6.28. The van der Waals surface area contributed by atoms with Gasteiger partial charge in [0.25, 0.3) is 0 Å². The van der Waals surface area contributed by atoms with Crippen LogP contribution in [0, 0.1) is 0 Å². The minimum Gasteiger partial charge on any atom is -0.352 e. The number of benzene rings is 2. The molecule has 3 heterocycles. The van der Waals surface area contributed by atoms with E-state index in [4.69, 9.17) is 0 Å². The van der Waals surface area contributed by atoms with E-state index in [1.54, 1.807) is 0 Å². The summed E-state index contributed by atoms with van der Waals surface area (Å²) >= 11 is 0. The Balaban J connectivity index is 1.56. The molecule has 2 aromatic rings. The monoisotopic (exact) mass is 688 g/mol. The average Bonchev–Trinajstić information content (AvgIpc) is 3.41. The van der Waals surface area contributed by atoms with Crippen LogP contribution in [0.1, 0.15) is 25.0 Å². The number of piperazine rings is 1. The number of carbonyl (C=O) groups is 2. The highest BCUT2D eigenvalue weighted by atomic mass is 32.2. The minimum atomic E-state index is -4.51. The van der Waals surface area contributed by atoms with Gasteiger partial charge in [-0.3, -0.25) is 9.59 Å². The van der Waals surface area contributed by atoms with Crippen molar-refractivity contribution in [2.45, 2.75) is 60.9 Å². The van der Waals surface area contributed by atoms with Gasteiger partial charge in [0.1, 0.15) is 0 Å². The molecule has 0 aliphatic carbocycles. The van der Waals surface area contributed by atoms with Crippen LogP contribution >= 0.6 is 0 Å². The Labute approximate surface area is 256 Å². The van der Waals surface area contributed by atoms with Gasteiger partial charge in [-0.15, -0.1) is 0 Å². The Morgan fingerprint density at radius 2 is 0.886 bits per heavy atom. The quantitative estimate of drug-likeness (QED) is 0.346. The largest absolute Gasteiger partial charge is 0.352 e. The van der Waals surface area contributed by atoms with Crippen molar-refractivity contribution in [3.63, 3.8) is 0 Å². The Morgan fingerprint density at radius 3 is 1.14 bits per heavy atom. The smallest absolute Gasteiger partial charge is 0.243 e. The molecule has 2 aromatic carbocycles. The van der Waals surface area contributed by atoms with Crippen LogP contribution in [0.3, 0.4) is 0 Å². The molecule has 44 heavy (non-hydrogen) atoms. The molecule has 0 spiro atoms. The predicted octanol–water partition coefficient (Wildman–Crippen LogP) is -1.01. The number of sulfonamides is 2. The number of hydrogen-bond acceptors (Lipinski definition) is 10. The molecule has 0 aromatic heterocycles. The molecule has 4 atom stereocenters. The molecule has 14 nitrogen and oxygen atoms in total. The lowest BCUT2D eigenvalue weighted by Crippen LogP contribution is -2.69. The van der Waals surface area contributed by atoms with Gasteiger partial charge < -0.3 is 10.6 Å². The summed E-state index contributed by atoms with van der Waals surface area (Å²) in [5.41, 5.74) is 1.20. The number of nitrogens with zero attached hydrogens (tertiary/aromatic N) is 2. The van der Waals surface area contributed by atoms with Gasteiger partial charge in [-0.2, -0.15) is 8.61 Å². The van der Waals surface area contributed by atoms with E-state index in [2.05, 4.69) is 10.6 Å². The van der Waals surface area contributed by atoms with Crippen LogP contribution < -0.4 is 10.6 Å². The highest BCUT2D eigenvalue weighted by Gasteiger charge is 2.63. The molecule has 2 amide bonds. The van der Waals surface area contributed by atoms with E-state index in [-0.39, 0.29) is 34.7 Å². The zero-order valence-electron chi connectivity index (χ0n) is 23.8. The van der Waals surface area contributed by atoms with E-state index in [1.807, 2.05) is 0 Å². The average molecular weight is 689 g/mol. The molecule has 5 rings (SSSR count). The third-order valence-electron chi connectivity index (χ3n) is 7.97. The molecule has 240 valence electrons. The summed E-state index contributed by atoms with van der Waals surface area (Å²) in [7, 11) is -16.9. The van der Waals surface area contributed by atoms with Crippen molar-refractivity contribution < 1.29 is 43.3 Å². The molecule has 18 heteroatoms. The van der Waals surface area contributed by atoms with Gasteiger partial charge in [0.2, 0.25) is 31.9 Å². The summed E-state index contributed by atoms with van der Waals surface area (Å²) in [4.78, 5) is 22.0. The second-order valence-electron chi connectivity index (χ2n) is 11.2. The van der Waals surface area contributed by atoms with Crippen molar-refractivity contribution in [1.82, 2.24) is 19.2 Å². The first-order valence-corrected chi connectivity index (χ1v) is 20.1. The van der Waals surface area contributed by atoms with Crippen molar-refractivity contribution in [3.8, 4) is 0 Å². The number of amides is 2. The number of rotatable bonds is 8. The maximum atomic E-state index is 14.1. The van der Waals surface area contributed by atoms with Crippen LogP contribution in [-0.4, -0.2) is 101 Å². The first kappa shape index (κ1) is 32.5. The summed E-state index contributed by atoms with van der Waals surface area (Å²) < 4.78 is 110. The van der Waals surface area contributed by atoms with Crippen LogP contribution in [-0.2, 0) is 62.4 Å². The molecule has 3 aliphatic rings. The summed E-state index contributed by atoms with van der Waals surface area (Å²) in [6.07, 6.45) is 0. The van der Waals surface area contributed by atoms with Gasteiger partial charge in [0.15, 0.2) is 19.7 Å². The van der Waals surface area contributed by atoms with Gasteiger partial charge >= 0.3 is 0 Å². The van der Waals surface area contributed by atoms with Crippen molar-refractivity contribution in [3.05, 3.63) is 59.7 Å². The third-order valence-corrected chi connectivity index (χ3v) is 15.3. The van der Waals surface area contributed by atoms with Crippen molar-refractivity contribution in [1.29, 1.82) is 0 Å². The van der Waals surface area contributed by atoms with Crippen LogP contribution in [0.4, 0.5) is 0 Å². The van der Waals surface area contributed by atoms with Crippen molar-refractivity contribution >= 4 is 51.5 Å². The second-order valence-corrected chi connectivity index (χ2v) is 19.2. The van der Waals surface area contributed by atoms with Gasteiger partial charge in [0, 0.05) is 26.9 Å². The Kier molecular flexibility index (Phi) is 8.47. The van der Waals surface area contributed by atoms with E-state index in [1.165, 1.54) is 62.4 Å². The fourth-order valence-corrected chi connectivity index (χ4v) is 14.0. The summed E-state index contributed by atoms with van der Waals surface area (Å²) in [6, 6.07) is 5.58. The van der Waals surface area contributed by atoms with E-state index in [0.29, 0.717) is 11.1 Å². The molecule has 3 aliphatic heterocycles. The fourth-order valence-electron chi connectivity index (χ4n) is 6.05. The molecule has 0 saturated carbocycles. The SMILES string of the molecule is CC(=O)NCc1ccc(S(=O)(=O)N2[C@@H]3CS(=O)(=O)C[C@@H]3N(S(=O)(=O)c3ccc(CNC(C)=O)cc3)[C@H]3CS(=O)(=O)C[C@@H]32)cc1. The van der Waals surface area contributed by atoms with E-state index in [0.717, 1.165) is 8.61 Å². The Hall–Kier alpha value is -2.90. The van der Waals surface area contributed by atoms with Gasteiger partial charge in [-0.05, 0) is 35.4 Å². The number of carbonyl (C=O) groups excluding carboxylic acids is 2. The number of sulfone groups is 2. The van der Waals surface area contributed by atoms with Crippen LogP contribution in [0.2, 0.25) is 0 Å².